The fraction of sp³-hybridized carbons (Fsp3) is 0.889. The van der Waals surface area contributed by atoms with Crippen LogP contribution in [0.2, 0.25) is 0 Å². The zero-order valence-corrected chi connectivity index (χ0v) is 9.18. The van der Waals surface area contributed by atoms with Crippen molar-refractivity contribution >= 4 is 17.7 Å². The van der Waals surface area contributed by atoms with E-state index < -0.39 is 11.5 Å². The Morgan fingerprint density at radius 2 is 2.50 bits per heavy atom. The number of alkyl halides is 1. The number of esters is 1. The molecular weight excluding hydrogens is 207 g/mol. The van der Waals surface area contributed by atoms with Crippen molar-refractivity contribution in [3.05, 3.63) is 0 Å². The first-order chi connectivity index (χ1) is 6.65. The zero-order chi connectivity index (χ0) is 10.6. The minimum Gasteiger partial charge on any atom is -0.463 e. The summed E-state index contributed by atoms with van der Waals surface area (Å²) in [6.45, 7) is 4.42. The number of hydrogen-bond acceptors (Lipinski definition) is 4. The van der Waals surface area contributed by atoms with Crippen LogP contribution >= 0.6 is 11.8 Å². The van der Waals surface area contributed by atoms with Gasteiger partial charge in [-0.15, -0.1) is 11.8 Å². The lowest BCUT2D eigenvalue weighted by Crippen LogP contribution is -2.22. The Morgan fingerprint density at radius 1 is 1.79 bits per heavy atom. The molecule has 0 amide bonds. The van der Waals surface area contributed by atoms with Crippen molar-refractivity contribution in [3.8, 4) is 0 Å². The lowest BCUT2D eigenvalue weighted by Gasteiger charge is -2.15. The van der Waals surface area contributed by atoms with E-state index in [9.17, 15) is 9.18 Å². The van der Waals surface area contributed by atoms with Crippen molar-refractivity contribution in [1.29, 1.82) is 0 Å². The van der Waals surface area contributed by atoms with Gasteiger partial charge in [0, 0.05) is 11.9 Å². The molecule has 1 fully saturated rings. The third-order valence-corrected chi connectivity index (χ3v) is 3.47. The highest BCUT2D eigenvalue weighted by atomic mass is 32.2. The first kappa shape index (κ1) is 11.8. The van der Waals surface area contributed by atoms with Crippen LogP contribution in [0.1, 0.15) is 20.3 Å². The van der Waals surface area contributed by atoms with Crippen LogP contribution < -0.4 is 0 Å². The van der Waals surface area contributed by atoms with Gasteiger partial charge < -0.3 is 9.47 Å². The van der Waals surface area contributed by atoms with Crippen LogP contribution in [-0.2, 0) is 14.3 Å². The first-order valence-corrected chi connectivity index (χ1v) is 5.67. The van der Waals surface area contributed by atoms with E-state index in [1.54, 1.807) is 6.92 Å². The molecule has 1 aliphatic heterocycles. The van der Waals surface area contributed by atoms with E-state index in [1.165, 1.54) is 0 Å². The van der Waals surface area contributed by atoms with Crippen LogP contribution in [0, 0.1) is 0 Å². The third-order valence-electron chi connectivity index (χ3n) is 2.07. The Morgan fingerprint density at radius 3 is 3.00 bits per heavy atom. The van der Waals surface area contributed by atoms with Crippen LogP contribution in [0.25, 0.3) is 0 Å². The van der Waals surface area contributed by atoms with E-state index in [1.807, 2.05) is 6.92 Å². The number of rotatable bonds is 4. The van der Waals surface area contributed by atoms with Crippen LogP contribution in [-0.4, -0.2) is 36.0 Å². The fourth-order valence-corrected chi connectivity index (χ4v) is 2.33. The Balaban J connectivity index is 2.32. The van der Waals surface area contributed by atoms with E-state index in [2.05, 4.69) is 4.74 Å². The highest BCUT2D eigenvalue weighted by Crippen LogP contribution is 2.30. The maximum absolute atomic E-state index is 13.2. The van der Waals surface area contributed by atoms with Gasteiger partial charge in [-0.25, -0.2) is 9.18 Å². The standard InChI is InChI=1S/C9H15FO3S/c1-3-12-9(11)8(10)14-7-4-5-13-6(7)2/h6-8H,3-5H2,1-2H3. The molecule has 0 radical (unpaired) electrons. The molecule has 5 heteroatoms. The third kappa shape index (κ3) is 3.13. The summed E-state index contributed by atoms with van der Waals surface area (Å²) in [7, 11) is 0. The molecule has 1 heterocycles. The minimum absolute atomic E-state index is 0.0210. The van der Waals surface area contributed by atoms with E-state index >= 15 is 0 Å². The molecule has 0 N–H and O–H groups in total. The quantitative estimate of drug-likeness (QED) is 0.679. The minimum atomic E-state index is -1.58. The van der Waals surface area contributed by atoms with Gasteiger partial charge in [0.15, 0.2) is 0 Å². The van der Waals surface area contributed by atoms with Gasteiger partial charge in [0.1, 0.15) is 0 Å². The van der Waals surface area contributed by atoms with Crippen molar-refractivity contribution in [2.24, 2.45) is 0 Å². The lowest BCUT2D eigenvalue weighted by molar-refractivity contribution is -0.145. The van der Waals surface area contributed by atoms with Gasteiger partial charge in [0.05, 0.1) is 12.7 Å². The molecule has 0 bridgehead atoms. The Bertz CT molecular complexity index is 200. The number of ether oxygens (including phenoxy) is 2. The summed E-state index contributed by atoms with van der Waals surface area (Å²) in [5, 5.41) is 0.0643. The molecule has 3 unspecified atom stereocenters. The second-order valence-corrected chi connectivity index (χ2v) is 4.40. The molecule has 3 nitrogen and oxygen atoms in total. The largest absolute Gasteiger partial charge is 0.463 e. The molecule has 0 aromatic carbocycles. The molecule has 1 saturated heterocycles. The number of thioether (sulfide) groups is 1. The molecule has 0 aromatic rings. The van der Waals surface area contributed by atoms with Crippen molar-refractivity contribution in [1.82, 2.24) is 0 Å². The molecule has 0 saturated carbocycles. The van der Waals surface area contributed by atoms with Gasteiger partial charge in [-0.3, -0.25) is 0 Å². The average molecular weight is 222 g/mol. The van der Waals surface area contributed by atoms with Crippen LogP contribution in [0.3, 0.4) is 0 Å². The van der Waals surface area contributed by atoms with Gasteiger partial charge >= 0.3 is 5.97 Å². The van der Waals surface area contributed by atoms with Gasteiger partial charge in [-0.2, -0.15) is 0 Å². The van der Waals surface area contributed by atoms with Crippen molar-refractivity contribution in [2.45, 2.75) is 37.1 Å². The molecule has 14 heavy (non-hydrogen) atoms. The maximum atomic E-state index is 13.2. The van der Waals surface area contributed by atoms with E-state index in [0.717, 1.165) is 18.2 Å². The predicted molar refractivity (Wildman–Crippen MR) is 52.9 cm³/mol. The number of carbonyl (C=O) groups is 1. The molecule has 82 valence electrons. The normalized spacial score (nSPS) is 28.8. The second kappa shape index (κ2) is 5.56. The smallest absolute Gasteiger partial charge is 0.351 e. The zero-order valence-electron chi connectivity index (χ0n) is 8.36. The monoisotopic (exact) mass is 222 g/mol. The summed E-state index contributed by atoms with van der Waals surface area (Å²) in [5.41, 5.74) is -1.58. The molecular formula is C9H15FO3S. The molecule has 0 aromatic heterocycles. The Kier molecular flexibility index (Phi) is 4.68. The summed E-state index contributed by atoms with van der Waals surface area (Å²) in [4.78, 5) is 11.0. The number of hydrogen-bond donors (Lipinski definition) is 0. The van der Waals surface area contributed by atoms with Crippen LogP contribution in [0.5, 0.6) is 0 Å². The van der Waals surface area contributed by atoms with Crippen molar-refractivity contribution in [2.75, 3.05) is 13.2 Å². The molecule has 1 aliphatic rings. The summed E-state index contributed by atoms with van der Waals surface area (Å²) >= 11 is 0.997. The molecule has 1 rings (SSSR count). The molecule has 0 spiro atoms. The summed E-state index contributed by atoms with van der Waals surface area (Å²) < 4.78 is 23.1. The number of carbonyl (C=O) groups excluding carboxylic acids is 1. The van der Waals surface area contributed by atoms with Crippen LogP contribution in [0.15, 0.2) is 0 Å². The SMILES string of the molecule is CCOC(=O)C(F)SC1CCOC1C. The second-order valence-electron chi connectivity index (χ2n) is 3.11. The van der Waals surface area contributed by atoms with Crippen molar-refractivity contribution in [3.63, 3.8) is 0 Å². The van der Waals surface area contributed by atoms with E-state index in [-0.39, 0.29) is 18.0 Å². The summed E-state index contributed by atoms with van der Waals surface area (Å²) in [5.74, 6) is -0.781. The van der Waals surface area contributed by atoms with Gasteiger partial charge in [-0.1, -0.05) is 0 Å². The number of halogens is 1. The summed E-state index contributed by atoms with van der Waals surface area (Å²) in [6.07, 6.45) is 0.818. The summed E-state index contributed by atoms with van der Waals surface area (Å²) in [6, 6.07) is 0. The maximum Gasteiger partial charge on any atom is 0.351 e. The van der Waals surface area contributed by atoms with Gasteiger partial charge in [0.25, 0.3) is 0 Å². The van der Waals surface area contributed by atoms with Crippen molar-refractivity contribution < 1.29 is 18.7 Å². The predicted octanol–water partition coefficient (Wildman–Crippen LogP) is 1.76. The Labute approximate surface area is 87.3 Å². The first-order valence-electron chi connectivity index (χ1n) is 4.73. The van der Waals surface area contributed by atoms with E-state index in [4.69, 9.17) is 4.74 Å². The van der Waals surface area contributed by atoms with Gasteiger partial charge in [-0.05, 0) is 20.3 Å². The lowest BCUT2D eigenvalue weighted by atomic mass is 10.3. The molecule has 0 aliphatic carbocycles. The molecule has 3 atom stereocenters. The van der Waals surface area contributed by atoms with E-state index in [0.29, 0.717) is 6.61 Å². The topological polar surface area (TPSA) is 35.5 Å². The highest BCUT2D eigenvalue weighted by Gasteiger charge is 2.31. The van der Waals surface area contributed by atoms with Crippen LogP contribution in [0.4, 0.5) is 4.39 Å². The highest BCUT2D eigenvalue weighted by molar-refractivity contribution is 8.01. The Hall–Kier alpha value is -0.290. The fourth-order valence-electron chi connectivity index (χ4n) is 1.31. The average Bonchev–Trinajstić information content (AvgIpc) is 2.52. The van der Waals surface area contributed by atoms with Gasteiger partial charge in [0.2, 0.25) is 5.50 Å².